The third-order valence-corrected chi connectivity index (χ3v) is 4.15. The van der Waals surface area contributed by atoms with Crippen LogP contribution in [-0.2, 0) is 14.6 Å². The Balaban J connectivity index is 2.87. The lowest BCUT2D eigenvalue weighted by atomic mass is 9.84. The van der Waals surface area contributed by atoms with E-state index in [9.17, 15) is 13.2 Å². The van der Waals surface area contributed by atoms with Crippen molar-refractivity contribution in [2.75, 3.05) is 18.1 Å². The van der Waals surface area contributed by atoms with Crippen molar-refractivity contribution in [2.45, 2.75) is 32.1 Å². The lowest BCUT2D eigenvalue weighted by molar-refractivity contribution is -0.120. The largest absolute Gasteiger partial charge is 0.330 e. The fourth-order valence-electron chi connectivity index (χ4n) is 2.07. The Morgan fingerprint density at radius 1 is 1.33 bits per heavy atom. The molecule has 0 fully saturated rings. The quantitative estimate of drug-likeness (QED) is 0.870. The van der Waals surface area contributed by atoms with Crippen LogP contribution in [0.3, 0.4) is 0 Å². The van der Waals surface area contributed by atoms with Gasteiger partial charge in [0, 0.05) is 18.5 Å². The van der Waals surface area contributed by atoms with Crippen LogP contribution in [0.2, 0.25) is 0 Å². The van der Waals surface area contributed by atoms with Crippen molar-refractivity contribution in [3.05, 3.63) is 24.3 Å². The zero-order chi connectivity index (χ0) is 16.3. The van der Waals surface area contributed by atoms with Gasteiger partial charge in [-0.3, -0.25) is 4.79 Å². The van der Waals surface area contributed by atoms with Gasteiger partial charge in [-0.2, -0.15) is 0 Å². The van der Waals surface area contributed by atoms with Crippen LogP contribution in [0.25, 0.3) is 0 Å². The molecule has 0 heterocycles. The molecule has 1 atom stereocenters. The van der Waals surface area contributed by atoms with E-state index in [0.29, 0.717) is 12.1 Å². The van der Waals surface area contributed by atoms with E-state index in [1.807, 2.05) is 20.8 Å². The summed E-state index contributed by atoms with van der Waals surface area (Å²) in [6.45, 7) is 6.41. The first-order valence-electron chi connectivity index (χ1n) is 6.84. The normalized spacial score (nSPS) is 13.8. The topological polar surface area (TPSA) is 89.3 Å². The van der Waals surface area contributed by atoms with Gasteiger partial charge in [-0.1, -0.05) is 26.8 Å². The Kier molecular flexibility index (Phi) is 5.53. The zero-order valence-corrected chi connectivity index (χ0v) is 13.8. The average Bonchev–Trinajstić information content (AvgIpc) is 2.34. The summed E-state index contributed by atoms with van der Waals surface area (Å²) < 4.78 is 23.0. The molecule has 0 spiro atoms. The van der Waals surface area contributed by atoms with Crippen molar-refractivity contribution in [1.29, 1.82) is 0 Å². The standard InChI is InChI=1S/C15H24N2O3S/c1-15(2,3)9-11(10-16)14(18)17-12-6-5-7-13(8-12)21(4,19)20/h5-8,11H,9-10,16H2,1-4H3,(H,17,18). The van der Waals surface area contributed by atoms with E-state index in [-0.39, 0.29) is 28.7 Å². The van der Waals surface area contributed by atoms with Crippen LogP contribution in [0.5, 0.6) is 0 Å². The van der Waals surface area contributed by atoms with Crippen molar-refractivity contribution in [3.63, 3.8) is 0 Å². The maximum atomic E-state index is 12.2. The second-order valence-corrected chi connectivity index (χ2v) is 8.50. The fraction of sp³-hybridized carbons (Fsp3) is 0.533. The Bertz CT molecular complexity index is 604. The minimum atomic E-state index is -3.29. The Hall–Kier alpha value is -1.40. The van der Waals surface area contributed by atoms with Gasteiger partial charge in [0.05, 0.1) is 10.8 Å². The van der Waals surface area contributed by atoms with E-state index in [4.69, 9.17) is 5.73 Å². The van der Waals surface area contributed by atoms with Crippen LogP contribution in [-0.4, -0.2) is 27.1 Å². The zero-order valence-electron chi connectivity index (χ0n) is 13.0. The molecule has 118 valence electrons. The van der Waals surface area contributed by atoms with E-state index in [1.54, 1.807) is 12.1 Å². The number of nitrogens with one attached hydrogen (secondary N) is 1. The molecule has 0 bridgehead atoms. The van der Waals surface area contributed by atoms with E-state index in [0.717, 1.165) is 6.26 Å². The van der Waals surface area contributed by atoms with Crippen LogP contribution < -0.4 is 11.1 Å². The summed E-state index contributed by atoms with van der Waals surface area (Å²) in [5.74, 6) is -0.482. The molecule has 0 aromatic heterocycles. The number of carbonyl (C=O) groups is 1. The Morgan fingerprint density at radius 3 is 2.43 bits per heavy atom. The molecule has 0 aliphatic carbocycles. The summed E-state index contributed by atoms with van der Waals surface area (Å²) in [5, 5.41) is 2.74. The average molecular weight is 312 g/mol. The number of hydrogen-bond acceptors (Lipinski definition) is 4. The SMILES string of the molecule is CC(C)(C)CC(CN)C(=O)Nc1cccc(S(C)(=O)=O)c1. The van der Waals surface area contributed by atoms with Gasteiger partial charge in [0.15, 0.2) is 9.84 Å². The van der Waals surface area contributed by atoms with Gasteiger partial charge >= 0.3 is 0 Å². The summed E-state index contributed by atoms with van der Waals surface area (Å²) in [6.07, 6.45) is 1.80. The Labute approximate surface area is 126 Å². The first-order valence-corrected chi connectivity index (χ1v) is 8.73. The molecule has 1 rings (SSSR count). The number of carbonyl (C=O) groups excluding carboxylic acids is 1. The van der Waals surface area contributed by atoms with Crippen molar-refractivity contribution >= 4 is 21.4 Å². The third-order valence-electron chi connectivity index (χ3n) is 3.04. The number of hydrogen-bond donors (Lipinski definition) is 2. The number of amides is 1. The van der Waals surface area contributed by atoms with Crippen molar-refractivity contribution in [2.24, 2.45) is 17.1 Å². The molecule has 6 heteroatoms. The van der Waals surface area contributed by atoms with Gasteiger partial charge in [0.25, 0.3) is 0 Å². The van der Waals surface area contributed by atoms with E-state index in [2.05, 4.69) is 5.32 Å². The van der Waals surface area contributed by atoms with Gasteiger partial charge in [0.1, 0.15) is 0 Å². The van der Waals surface area contributed by atoms with Crippen LogP contribution in [0.1, 0.15) is 27.2 Å². The van der Waals surface area contributed by atoms with E-state index < -0.39 is 9.84 Å². The number of sulfone groups is 1. The van der Waals surface area contributed by atoms with E-state index >= 15 is 0 Å². The highest BCUT2D eigenvalue weighted by molar-refractivity contribution is 7.90. The van der Waals surface area contributed by atoms with Crippen LogP contribution in [0, 0.1) is 11.3 Å². The second kappa shape index (κ2) is 6.58. The smallest absolute Gasteiger partial charge is 0.228 e. The predicted molar refractivity (Wildman–Crippen MR) is 84.8 cm³/mol. The van der Waals surface area contributed by atoms with Crippen LogP contribution in [0.4, 0.5) is 5.69 Å². The third kappa shape index (κ3) is 5.85. The highest BCUT2D eigenvalue weighted by atomic mass is 32.2. The molecule has 3 N–H and O–H groups in total. The summed E-state index contributed by atoms with van der Waals surface area (Å²) in [6, 6.07) is 6.23. The maximum Gasteiger partial charge on any atom is 0.228 e. The molecule has 1 aromatic rings. The molecule has 0 aliphatic rings. The molecule has 0 radical (unpaired) electrons. The van der Waals surface area contributed by atoms with Crippen molar-refractivity contribution in [3.8, 4) is 0 Å². The number of benzene rings is 1. The van der Waals surface area contributed by atoms with Crippen LogP contribution in [0.15, 0.2) is 29.2 Å². The van der Waals surface area contributed by atoms with Gasteiger partial charge < -0.3 is 11.1 Å². The van der Waals surface area contributed by atoms with Gasteiger partial charge in [-0.15, -0.1) is 0 Å². The lowest BCUT2D eigenvalue weighted by Crippen LogP contribution is -2.32. The van der Waals surface area contributed by atoms with Crippen molar-refractivity contribution in [1.82, 2.24) is 0 Å². The summed E-state index contributed by atoms with van der Waals surface area (Å²) in [7, 11) is -3.29. The van der Waals surface area contributed by atoms with Gasteiger partial charge in [-0.25, -0.2) is 8.42 Å². The molecule has 5 nitrogen and oxygen atoms in total. The molecule has 0 saturated heterocycles. The highest BCUT2D eigenvalue weighted by Gasteiger charge is 2.24. The van der Waals surface area contributed by atoms with E-state index in [1.165, 1.54) is 12.1 Å². The molecule has 21 heavy (non-hydrogen) atoms. The molecule has 1 aromatic carbocycles. The molecule has 1 unspecified atom stereocenters. The first-order chi connectivity index (χ1) is 9.53. The minimum absolute atomic E-state index is 0.00399. The first kappa shape index (κ1) is 17.7. The Morgan fingerprint density at radius 2 is 1.95 bits per heavy atom. The molecule has 0 saturated carbocycles. The summed E-state index contributed by atoms with van der Waals surface area (Å²) in [5.41, 5.74) is 6.14. The minimum Gasteiger partial charge on any atom is -0.330 e. The van der Waals surface area contributed by atoms with Gasteiger partial charge in [0.2, 0.25) is 5.91 Å². The number of anilines is 1. The number of nitrogens with two attached hydrogens (primary N) is 1. The fourth-order valence-corrected chi connectivity index (χ4v) is 2.74. The monoisotopic (exact) mass is 312 g/mol. The second-order valence-electron chi connectivity index (χ2n) is 6.49. The molecular formula is C15H24N2O3S. The van der Waals surface area contributed by atoms with Crippen molar-refractivity contribution < 1.29 is 13.2 Å². The summed E-state index contributed by atoms with van der Waals surface area (Å²) >= 11 is 0. The van der Waals surface area contributed by atoms with Crippen LogP contribution >= 0.6 is 0 Å². The summed E-state index contributed by atoms with van der Waals surface area (Å²) in [4.78, 5) is 12.4. The maximum absolute atomic E-state index is 12.2. The lowest BCUT2D eigenvalue weighted by Gasteiger charge is -2.24. The molecule has 0 aliphatic heterocycles. The van der Waals surface area contributed by atoms with Gasteiger partial charge in [-0.05, 0) is 30.0 Å². The highest BCUT2D eigenvalue weighted by Crippen LogP contribution is 2.25. The molecule has 1 amide bonds. The predicted octanol–water partition coefficient (Wildman–Crippen LogP) is 2.04. The number of rotatable bonds is 5. The molecular weight excluding hydrogens is 288 g/mol.